The first-order chi connectivity index (χ1) is 8.22. The van der Waals surface area contributed by atoms with Crippen molar-refractivity contribution >= 4 is 11.5 Å². The highest BCUT2D eigenvalue weighted by Crippen LogP contribution is 2.29. The first-order valence-electron chi connectivity index (χ1n) is 5.88. The molecular weight excluding hydrogens is 220 g/mol. The van der Waals surface area contributed by atoms with Crippen LogP contribution in [0.3, 0.4) is 0 Å². The fourth-order valence-electron chi connectivity index (χ4n) is 2.02. The Morgan fingerprint density at radius 2 is 2.41 bits per heavy atom. The third kappa shape index (κ3) is 2.58. The predicted octanol–water partition coefficient (Wildman–Crippen LogP) is 0.419. The lowest BCUT2D eigenvalue weighted by Gasteiger charge is -2.31. The molecule has 0 amide bonds. The Morgan fingerprint density at radius 1 is 1.59 bits per heavy atom. The van der Waals surface area contributed by atoms with Crippen molar-refractivity contribution in [3.8, 4) is 5.88 Å². The van der Waals surface area contributed by atoms with E-state index in [0.717, 1.165) is 19.4 Å². The first kappa shape index (κ1) is 11.9. The Bertz CT molecular complexity index is 386. The molecule has 1 fully saturated rings. The molecule has 0 aliphatic carbocycles. The lowest BCUT2D eigenvalue weighted by molar-refractivity contribution is 0.154. The number of β-amino-alcohol motifs (C(OH)–C–C–N with tert-alkyl or cyclic N) is 1. The molecule has 2 heterocycles. The summed E-state index contributed by atoms with van der Waals surface area (Å²) in [6.07, 6.45) is 2.90. The fraction of sp³-hybridized carbons (Fsp3) is 0.636. The van der Waals surface area contributed by atoms with Gasteiger partial charge in [0.15, 0.2) is 5.82 Å². The molecule has 0 radical (unpaired) electrons. The van der Waals surface area contributed by atoms with Crippen LogP contribution in [-0.4, -0.2) is 40.9 Å². The van der Waals surface area contributed by atoms with E-state index in [9.17, 15) is 5.11 Å². The molecule has 17 heavy (non-hydrogen) atoms. The summed E-state index contributed by atoms with van der Waals surface area (Å²) in [6, 6.07) is 0. The first-order valence-corrected chi connectivity index (χ1v) is 5.88. The average Bonchev–Trinajstić information content (AvgIpc) is 2.32. The maximum absolute atomic E-state index is 9.65. The standard InChI is InChI=1S/C11H18N4O2/c1-2-17-11-9(12)10(13-7-14-11)15-5-3-4-8(16)6-15/h7-8,16H,2-6,12H2,1H3. The van der Waals surface area contributed by atoms with E-state index in [1.807, 2.05) is 11.8 Å². The van der Waals surface area contributed by atoms with Crippen LogP contribution in [0, 0.1) is 0 Å². The summed E-state index contributed by atoms with van der Waals surface area (Å²) < 4.78 is 5.33. The lowest BCUT2D eigenvalue weighted by atomic mass is 10.1. The Labute approximate surface area is 100 Å². The zero-order chi connectivity index (χ0) is 12.3. The van der Waals surface area contributed by atoms with Crippen molar-refractivity contribution in [3.05, 3.63) is 6.33 Å². The number of anilines is 2. The number of aromatic nitrogens is 2. The molecule has 6 nitrogen and oxygen atoms in total. The van der Waals surface area contributed by atoms with Gasteiger partial charge in [0.2, 0.25) is 5.88 Å². The zero-order valence-corrected chi connectivity index (χ0v) is 9.96. The molecule has 1 aromatic heterocycles. The number of aliphatic hydroxyl groups excluding tert-OH is 1. The molecule has 0 spiro atoms. The highest BCUT2D eigenvalue weighted by atomic mass is 16.5. The van der Waals surface area contributed by atoms with Gasteiger partial charge < -0.3 is 20.5 Å². The zero-order valence-electron chi connectivity index (χ0n) is 9.96. The van der Waals surface area contributed by atoms with Gasteiger partial charge in [-0.3, -0.25) is 0 Å². The number of nitrogens with two attached hydrogens (primary N) is 1. The van der Waals surface area contributed by atoms with Crippen LogP contribution >= 0.6 is 0 Å². The molecule has 0 bridgehead atoms. The van der Waals surface area contributed by atoms with Gasteiger partial charge in [0.1, 0.15) is 12.0 Å². The van der Waals surface area contributed by atoms with E-state index in [0.29, 0.717) is 30.5 Å². The van der Waals surface area contributed by atoms with E-state index in [4.69, 9.17) is 10.5 Å². The van der Waals surface area contributed by atoms with Gasteiger partial charge in [0.25, 0.3) is 0 Å². The molecule has 0 saturated carbocycles. The molecule has 0 aromatic carbocycles. The quantitative estimate of drug-likeness (QED) is 0.794. The molecule has 1 aliphatic rings. The minimum Gasteiger partial charge on any atom is -0.476 e. The van der Waals surface area contributed by atoms with Gasteiger partial charge >= 0.3 is 0 Å². The topological polar surface area (TPSA) is 84.5 Å². The molecule has 1 saturated heterocycles. The van der Waals surface area contributed by atoms with Crippen LogP contribution in [0.25, 0.3) is 0 Å². The summed E-state index contributed by atoms with van der Waals surface area (Å²) in [5.74, 6) is 1.07. The number of aliphatic hydroxyl groups is 1. The SMILES string of the molecule is CCOc1ncnc(N2CCCC(O)C2)c1N. The van der Waals surface area contributed by atoms with Crippen molar-refractivity contribution in [3.63, 3.8) is 0 Å². The second kappa shape index (κ2) is 5.18. The van der Waals surface area contributed by atoms with E-state index < -0.39 is 0 Å². The predicted molar refractivity (Wildman–Crippen MR) is 65.1 cm³/mol. The summed E-state index contributed by atoms with van der Waals surface area (Å²) in [7, 11) is 0. The molecule has 1 atom stereocenters. The number of hydrogen-bond acceptors (Lipinski definition) is 6. The highest BCUT2D eigenvalue weighted by molar-refractivity contribution is 5.67. The lowest BCUT2D eigenvalue weighted by Crippen LogP contribution is -2.39. The van der Waals surface area contributed by atoms with Gasteiger partial charge in [-0.1, -0.05) is 0 Å². The molecule has 1 aliphatic heterocycles. The number of ether oxygens (including phenoxy) is 1. The van der Waals surface area contributed by atoms with Gasteiger partial charge in [-0.2, -0.15) is 4.98 Å². The number of nitrogens with zero attached hydrogens (tertiary/aromatic N) is 3. The van der Waals surface area contributed by atoms with Crippen molar-refractivity contribution in [2.75, 3.05) is 30.3 Å². The van der Waals surface area contributed by atoms with Gasteiger partial charge in [0, 0.05) is 13.1 Å². The van der Waals surface area contributed by atoms with Crippen LogP contribution in [0.5, 0.6) is 5.88 Å². The maximum atomic E-state index is 9.65. The second-order valence-corrected chi connectivity index (χ2v) is 4.09. The van der Waals surface area contributed by atoms with E-state index in [1.165, 1.54) is 6.33 Å². The minimum absolute atomic E-state index is 0.311. The normalized spacial score (nSPS) is 20.4. The van der Waals surface area contributed by atoms with E-state index in [2.05, 4.69) is 9.97 Å². The largest absolute Gasteiger partial charge is 0.476 e. The summed E-state index contributed by atoms with van der Waals surface area (Å²) in [4.78, 5) is 10.2. The number of piperidine rings is 1. The molecule has 6 heteroatoms. The Kier molecular flexibility index (Phi) is 3.63. The van der Waals surface area contributed by atoms with E-state index in [-0.39, 0.29) is 6.10 Å². The van der Waals surface area contributed by atoms with Gasteiger partial charge in [-0.25, -0.2) is 4.98 Å². The minimum atomic E-state index is -0.311. The molecule has 3 N–H and O–H groups in total. The summed E-state index contributed by atoms with van der Waals surface area (Å²) in [5.41, 5.74) is 6.42. The Hall–Kier alpha value is -1.56. The summed E-state index contributed by atoms with van der Waals surface area (Å²) in [5, 5.41) is 9.65. The molecule has 2 rings (SSSR count). The van der Waals surface area contributed by atoms with Crippen LogP contribution < -0.4 is 15.4 Å². The van der Waals surface area contributed by atoms with Crippen LogP contribution in [0.15, 0.2) is 6.33 Å². The molecular formula is C11H18N4O2. The Balaban J connectivity index is 2.22. The van der Waals surface area contributed by atoms with Gasteiger partial charge in [0.05, 0.1) is 12.7 Å². The third-order valence-corrected chi connectivity index (χ3v) is 2.80. The Morgan fingerprint density at radius 3 is 3.12 bits per heavy atom. The van der Waals surface area contributed by atoms with Crippen LogP contribution in [-0.2, 0) is 0 Å². The van der Waals surface area contributed by atoms with Crippen LogP contribution in [0.2, 0.25) is 0 Å². The van der Waals surface area contributed by atoms with E-state index >= 15 is 0 Å². The fourth-order valence-corrected chi connectivity index (χ4v) is 2.02. The van der Waals surface area contributed by atoms with Crippen molar-refractivity contribution in [1.82, 2.24) is 9.97 Å². The van der Waals surface area contributed by atoms with Crippen LogP contribution in [0.1, 0.15) is 19.8 Å². The maximum Gasteiger partial charge on any atom is 0.242 e. The van der Waals surface area contributed by atoms with Crippen molar-refractivity contribution in [2.24, 2.45) is 0 Å². The summed E-state index contributed by atoms with van der Waals surface area (Å²) in [6.45, 7) is 3.81. The second-order valence-electron chi connectivity index (χ2n) is 4.09. The highest BCUT2D eigenvalue weighted by Gasteiger charge is 2.22. The number of rotatable bonds is 3. The van der Waals surface area contributed by atoms with Crippen molar-refractivity contribution in [1.29, 1.82) is 0 Å². The summed E-state index contributed by atoms with van der Waals surface area (Å²) >= 11 is 0. The monoisotopic (exact) mass is 238 g/mol. The number of nitrogen functional groups attached to an aromatic ring is 1. The molecule has 1 unspecified atom stereocenters. The van der Waals surface area contributed by atoms with Crippen LogP contribution in [0.4, 0.5) is 11.5 Å². The van der Waals surface area contributed by atoms with E-state index in [1.54, 1.807) is 0 Å². The molecule has 1 aromatic rings. The third-order valence-electron chi connectivity index (χ3n) is 2.80. The van der Waals surface area contributed by atoms with Crippen molar-refractivity contribution in [2.45, 2.75) is 25.9 Å². The number of hydrogen-bond donors (Lipinski definition) is 2. The average molecular weight is 238 g/mol. The van der Waals surface area contributed by atoms with Gasteiger partial charge in [-0.15, -0.1) is 0 Å². The smallest absolute Gasteiger partial charge is 0.242 e. The van der Waals surface area contributed by atoms with Crippen molar-refractivity contribution < 1.29 is 9.84 Å². The van der Waals surface area contributed by atoms with Gasteiger partial charge in [-0.05, 0) is 19.8 Å². The molecule has 94 valence electrons.